The highest BCUT2D eigenvalue weighted by Gasteiger charge is 2.32. The number of thiazole rings is 2. The molecule has 0 saturated heterocycles. The van der Waals surface area contributed by atoms with E-state index in [1.54, 1.807) is 0 Å². The van der Waals surface area contributed by atoms with Gasteiger partial charge in [0.15, 0.2) is 11.7 Å². The Balaban J connectivity index is 1.98. The summed E-state index contributed by atoms with van der Waals surface area (Å²) in [4.78, 5) is 21.1. The van der Waals surface area contributed by atoms with E-state index in [2.05, 4.69) is 9.97 Å². The summed E-state index contributed by atoms with van der Waals surface area (Å²) in [5, 5.41) is 10.3. The van der Waals surface area contributed by atoms with Crippen LogP contribution in [0.5, 0.6) is 0 Å². The number of rotatable bonds is 4. The molecule has 25 heavy (non-hydrogen) atoms. The fraction of sp³-hybridized carbons (Fsp3) is 0.250. The van der Waals surface area contributed by atoms with Crippen LogP contribution in [0, 0.1) is 11.3 Å². The van der Waals surface area contributed by atoms with Gasteiger partial charge in [0, 0.05) is 6.20 Å². The zero-order valence-corrected chi connectivity index (χ0v) is 14.4. The molecule has 3 rings (SSSR count). The van der Waals surface area contributed by atoms with Crippen molar-refractivity contribution in [1.29, 1.82) is 5.26 Å². The molecule has 0 fully saturated rings. The van der Waals surface area contributed by atoms with Gasteiger partial charge in [-0.15, -0.1) is 22.7 Å². The van der Waals surface area contributed by atoms with Gasteiger partial charge in [0.25, 0.3) is 0 Å². The molecule has 128 valence electrons. The van der Waals surface area contributed by atoms with Crippen molar-refractivity contribution in [2.75, 3.05) is 0 Å². The van der Waals surface area contributed by atoms with E-state index in [1.807, 2.05) is 13.0 Å². The third-order valence-corrected chi connectivity index (χ3v) is 5.73. The van der Waals surface area contributed by atoms with Gasteiger partial charge in [-0.3, -0.25) is 4.79 Å². The molecule has 0 aliphatic rings. The molecule has 0 unspecified atom stereocenters. The Kier molecular flexibility index (Phi) is 4.58. The molecular formula is C16H10F3N3OS2. The lowest BCUT2D eigenvalue weighted by Crippen LogP contribution is -2.09. The van der Waals surface area contributed by atoms with Crippen molar-refractivity contribution in [1.82, 2.24) is 9.97 Å². The highest BCUT2D eigenvalue weighted by molar-refractivity contribution is 7.19. The first-order valence-corrected chi connectivity index (χ1v) is 8.83. The summed E-state index contributed by atoms with van der Waals surface area (Å²) in [5.41, 5.74) is -0.687. The number of hydrogen-bond acceptors (Lipinski definition) is 6. The second-order valence-corrected chi connectivity index (χ2v) is 7.31. The summed E-state index contributed by atoms with van der Waals surface area (Å²) in [5.74, 6) is -1.59. The average Bonchev–Trinajstić information content (AvgIpc) is 3.20. The van der Waals surface area contributed by atoms with E-state index in [0.29, 0.717) is 16.0 Å². The third kappa shape index (κ3) is 3.41. The lowest BCUT2D eigenvalue weighted by molar-refractivity contribution is -0.137. The van der Waals surface area contributed by atoms with Crippen molar-refractivity contribution in [2.45, 2.75) is 25.4 Å². The number of aromatic nitrogens is 2. The first-order chi connectivity index (χ1) is 11.8. The van der Waals surface area contributed by atoms with Gasteiger partial charge < -0.3 is 0 Å². The number of halogens is 3. The highest BCUT2D eigenvalue weighted by Crippen LogP contribution is 2.35. The molecule has 0 aliphatic carbocycles. The molecular weight excluding hydrogens is 371 g/mol. The SMILES string of the molecule is CCc1ncc(C(=O)[C@H](C#N)c2nc3cc(C(F)(F)F)ccc3s2)s1. The number of carbonyl (C=O) groups excluding carboxylic acids is 1. The fourth-order valence-electron chi connectivity index (χ4n) is 2.20. The maximum Gasteiger partial charge on any atom is 0.416 e. The topological polar surface area (TPSA) is 66.6 Å². The lowest BCUT2D eigenvalue weighted by Gasteiger charge is -2.04. The summed E-state index contributed by atoms with van der Waals surface area (Å²) in [6, 6.07) is 5.10. The number of nitriles is 1. The quantitative estimate of drug-likeness (QED) is 0.608. The standard InChI is InChI=1S/C16H10F3N3OS2/c1-2-13-21-7-12(24-13)14(23)9(6-20)15-22-10-5-8(16(17,18)19)3-4-11(10)25-15/h3-5,7,9H,2H2,1H3/t9-/m0/s1. The first kappa shape index (κ1) is 17.5. The molecule has 0 N–H and O–H groups in total. The van der Waals surface area contributed by atoms with Crippen LogP contribution >= 0.6 is 22.7 Å². The monoisotopic (exact) mass is 381 g/mol. The maximum absolute atomic E-state index is 12.8. The summed E-state index contributed by atoms with van der Waals surface area (Å²) in [6.07, 6.45) is -2.37. The van der Waals surface area contributed by atoms with Gasteiger partial charge in [-0.1, -0.05) is 6.92 Å². The molecule has 0 bridgehead atoms. The van der Waals surface area contributed by atoms with Crippen LogP contribution in [-0.4, -0.2) is 15.8 Å². The Bertz CT molecular complexity index is 985. The number of nitrogens with zero attached hydrogens (tertiary/aromatic N) is 3. The van der Waals surface area contributed by atoms with Crippen molar-refractivity contribution < 1.29 is 18.0 Å². The number of carbonyl (C=O) groups is 1. The molecule has 2 heterocycles. The summed E-state index contributed by atoms with van der Waals surface area (Å²) in [7, 11) is 0. The number of Topliss-reactive ketones (excluding diaryl/α,β-unsaturated/α-hetero) is 1. The van der Waals surface area contributed by atoms with Gasteiger partial charge in [0.2, 0.25) is 0 Å². The Hall–Kier alpha value is -2.31. The van der Waals surface area contributed by atoms with Crippen molar-refractivity contribution in [3.63, 3.8) is 0 Å². The molecule has 0 amide bonds. The van der Waals surface area contributed by atoms with Gasteiger partial charge in [-0.25, -0.2) is 9.97 Å². The van der Waals surface area contributed by atoms with Crippen molar-refractivity contribution >= 4 is 38.7 Å². The van der Waals surface area contributed by atoms with Crippen molar-refractivity contribution in [3.05, 3.63) is 44.9 Å². The normalized spacial score (nSPS) is 12.9. The predicted molar refractivity (Wildman–Crippen MR) is 88.8 cm³/mol. The summed E-state index contributed by atoms with van der Waals surface area (Å²) >= 11 is 2.26. The molecule has 1 atom stereocenters. The van der Waals surface area contributed by atoms with E-state index < -0.39 is 23.4 Å². The summed E-state index contributed by atoms with van der Waals surface area (Å²) < 4.78 is 38.9. The molecule has 9 heteroatoms. The van der Waals surface area contributed by atoms with Gasteiger partial charge in [-0.05, 0) is 24.6 Å². The Morgan fingerprint density at radius 3 is 2.72 bits per heavy atom. The van der Waals surface area contributed by atoms with E-state index in [-0.39, 0.29) is 10.5 Å². The Morgan fingerprint density at radius 2 is 2.12 bits per heavy atom. The Morgan fingerprint density at radius 1 is 1.36 bits per heavy atom. The van der Waals surface area contributed by atoms with Crippen LogP contribution in [0.1, 0.15) is 38.1 Å². The van der Waals surface area contributed by atoms with E-state index in [9.17, 15) is 23.2 Å². The molecule has 3 aromatic rings. The molecule has 2 aromatic heterocycles. The van der Waals surface area contributed by atoms with Crippen LogP contribution in [-0.2, 0) is 12.6 Å². The van der Waals surface area contributed by atoms with Gasteiger partial charge in [0.05, 0.1) is 31.7 Å². The van der Waals surface area contributed by atoms with E-state index in [1.165, 1.54) is 23.6 Å². The average molecular weight is 381 g/mol. The number of aryl methyl sites for hydroxylation is 1. The van der Waals surface area contributed by atoms with Crippen LogP contribution in [0.15, 0.2) is 24.4 Å². The third-order valence-electron chi connectivity index (χ3n) is 3.47. The lowest BCUT2D eigenvalue weighted by atomic mass is 10.1. The smallest absolute Gasteiger partial charge is 0.291 e. The largest absolute Gasteiger partial charge is 0.416 e. The minimum Gasteiger partial charge on any atom is -0.291 e. The molecule has 4 nitrogen and oxygen atoms in total. The van der Waals surface area contributed by atoms with Crippen LogP contribution in [0.2, 0.25) is 0 Å². The number of benzene rings is 1. The predicted octanol–water partition coefficient (Wildman–Crippen LogP) is 4.82. The van der Waals surface area contributed by atoms with Gasteiger partial charge in [-0.2, -0.15) is 18.4 Å². The number of ketones is 1. The molecule has 0 aliphatic heterocycles. The summed E-state index contributed by atoms with van der Waals surface area (Å²) in [6.45, 7) is 1.90. The Labute approximate surface area is 148 Å². The first-order valence-electron chi connectivity index (χ1n) is 7.19. The second-order valence-electron chi connectivity index (χ2n) is 5.13. The van der Waals surface area contributed by atoms with Gasteiger partial charge >= 0.3 is 6.18 Å². The van der Waals surface area contributed by atoms with Crippen LogP contribution in [0.25, 0.3) is 10.2 Å². The van der Waals surface area contributed by atoms with Crippen LogP contribution in [0.3, 0.4) is 0 Å². The van der Waals surface area contributed by atoms with E-state index in [0.717, 1.165) is 28.5 Å². The minimum absolute atomic E-state index is 0.126. The van der Waals surface area contributed by atoms with Crippen molar-refractivity contribution in [3.8, 4) is 6.07 Å². The zero-order valence-electron chi connectivity index (χ0n) is 12.8. The molecule has 1 aromatic carbocycles. The molecule has 0 saturated carbocycles. The fourth-order valence-corrected chi connectivity index (χ4v) is 4.02. The maximum atomic E-state index is 12.8. The van der Waals surface area contributed by atoms with E-state index >= 15 is 0 Å². The number of fused-ring (bicyclic) bond motifs is 1. The molecule has 0 spiro atoms. The minimum atomic E-state index is -4.47. The van der Waals surface area contributed by atoms with Crippen molar-refractivity contribution in [2.24, 2.45) is 0 Å². The molecule has 0 radical (unpaired) electrons. The van der Waals surface area contributed by atoms with Crippen LogP contribution < -0.4 is 0 Å². The van der Waals surface area contributed by atoms with Crippen LogP contribution in [0.4, 0.5) is 13.2 Å². The number of hydrogen-bond donors (Lipinski definition) is 0. The number of alkyl halides is 3. The highest BCUT2D eigenvalue weighted by atomic mass is 32.1. The second kappa shape index (κ2) is 6.54. The zero-order chi connectivity index (χ0) is 18.2. The van der Waals surface area contributed by atoms with Gasteiger partial charge in [0.1, 0.15) is 5.01 Å². The van der Waals surface area contributed by atoms with E-state index in [4.69, 9.17) is 0 Å².